The molecule has 0 spiro atoms. The lowest BCUT2D eigenvalue weighted by Gasteiger charge is -2.26. The second-order valence-corrected chi connectivity index (χ2v) is 7.87. The fraction of sp³-hybridized carbons (Fsp3) is 0.348. The SMILES string of the molecule is CCNC(=NCc1ccc(C(=O)N2CCNC(=O)C2)cc1)N(C)Cc1cccc(Cl)c1. The van der Waals surface area contributed by atoms with Crippen molar-refractivity contribution in [2.45, 2.75) is 20.0 Å². The molecular formula is C23H28ClN5O2. The molecule has 1 aliphatic heterocycles. The van der Waals surface area contributed by atoms with Crippen molar-refractivity contribution < 1.29 is 9.59 Å². The Kier molecular flexibility index (Phi) is 7.89. The Morgan fingerprint density at radius 2 is 2.00 bits per heavy atom. The molecule has 3 rings (SSSR count). The lowest BCUT2D eigenvalue weighted by molar-refractivity contribution is -0.123. The molecule has 0 aromatic heterocycles. The van der Waals surface area contributed by atoms with Crippen LogP contribution in [0.25, 0.3) is 0 Å². The highest BCUT2D eigenvalue weighted by molar-refractivity contribution is 6.30. The Morgan fingerprint density at radius 1 is 1.23 bits per heavy atom. The van der Waals surface area contributed by atoms with Crippen LogP contribution in [0, 0.1) is 0 Å². The van der Waals surface area contributed by atoms with Crippen LogP contribution in [0.3, 0.4) is 0 Å². The number of hydrogen-bond acceptors (Lipinski definition) is 3. The van der Waals surface area contributed by atoms with Crippen molar-refractivity contribution in [3.63, 3.8) is 0 Å². The second-order valence-electron chi connectivity index (χ2n) is 7.43. The van der Waals surface area contributed by atoms with E-state index < -0.39 is 0 Å². The van der Waals surface area contributed by atoms with Crippen molar-refractivity contribution in [2.24, 2.45) is 4.99 Å². The maximum Gasteiger partial charge on any atom is 0.254 e. The Labute approximate surface area is 188 Å². The highest BCUT2D eigenvalue weighted by Gasteiger charge is 2.22. The van der Waals surface area contributed by atoms with Crippen LogP contribution in [0.4, 0.5) is 0 Å². The maximum absolute atomic E-state index is 12.6. The molecule has 0 unspecified atom stereocenters. The molecule has 31 heavy (non-hydrogen) atoms. The third kappa shape index (κ3) is 6.46. The number of halogens is 1. The largest absolute Gasteiger partial charge is 0.357 e. The molecule has 1 aliphatic rings. The van der Waals surface area contributed by atoms with Gasteiger partial charge in [0.2, 0.25) is 5.91 Å². The molecule has 0 atom stereocenters. The van der Waals surface area contributed by atoms with Crippen LogP contribution < -0.4 is 10.6 Å². The molecule has 2 amide bonds. The molecule has 2 N–H and O–H groups in total. The summed E-state index contributed by atoms with van der Waals surface area (Å²) in [6, 6.07) is 15.2. The Hall–Kier alpha value is -3.06. The fourth-order valence-electron chi connectivity index (χ4n) is 3.37. The number of carbonyl (C=O) groups excluding carboxylic acids is 2. The van der Waals surface area contributed by atoms with Crippen LogP contribution in [-0.2, 0) is 17.9 Å². The highest BCUT2D eigenvalue weighted by Crippen LogP contribution is 2.13. The Balaban J connectivity index is 1.63. The minimum atomic E-state index is -0.125. The van der Waals surface area contributed by atoms with Crippen LogP contribution in [0.2, 0.25) is 5.02 Å². The molecule has 1 fully saturated rings. The lowest BCUT2D eigenvalue weighted by Crippen LogP contribution is -2.49. The first-order valence-electron chi connectivity index (χ1n) is 10.3. The van der Waals surface area contributed by atoms with Gasteiger partial charge >= 0.3 is 0 Å². The van der Waals surface area contributed by atoms with Gasteiger partial charge in [0.15, 0.2) is 5.96 Å². The normalized spacial score (nSPS) is 14.2. The van der Waals surface area contributed by atoms with Gasteiger partial charge in [-0.3, -0.25) is 9.59 Å². The number of amides is 2. The van der Waals surface area contributed by atoms with E-state index in [2.05, 4.69) is 15.5 Å². The van der Waals surface area contributed by atoms with E-state index >= 15 is 0 Å². The molecule has 164 valence electrons. The van der Waals surface area contributed by atoms with Gasteiger partial charge in [0.05, 0.1) is 13.1 Å². The molecule has 0 bridgehead atoms. The topological polar surface area (TPSA) is 77.0 Å². The average molecular weight is 442 g/mol. The number of rotatable bonds is 6. The van der Waals surface area contributed by atoms with Gasteiger partial charge in [-0.15, -0.1) is 0 Å². The highest BCUT2D eigenvalue weighted by atomic mass is 35.5. The van der Waals surface area contributed by atoms with E-state index in [0.29, 0.717) is 36.8 Å². The summed E-state index contributed by atoms with van der Waals surface area (Å²) < 4.78 is 0. The number of benzene rings is 2. The van der Waals surface area contributed by atoms with Gasteiger partial charge in [-0.05, 0) is 42.3 Å². The molecule has 1 heterocycles. The first kappa shape index (κ1) is 22.6. The Bertz CT molecular complexity index is 945. The van der Waals surface area contributed by atoms with Crippen molar-refractivity contribution in [3.8, 4) is 0 Å². The fourth-order valence-corrected chi connectivity index (χ4v) is 3.58. The van der Waals surface area contributed by atoms with Crippen molar-refractivity contribution in [1.82, 2.24) is 20.4 Å². The van der Waals surface area contributed by atoms with Gasteiger partial charge in [0, 0.05) is 43.8 Å². The predicted molar refractivity (Wildman–Crippen MR) is 123 cm³/mol. The molecule has 2 aromatic rings. The van der Waals surface area contributed by atoms with Crippen molar-refractivity contribution in [1.29, 1.82) is 0 Å². The average Bonchev–Trinajstić information content (AvgIpc) is 2.76. The summed E-state index contributed by atoms with van der Waals surface area (Å²) >= 11 is 6.09. The quantitative estimate of drug-likeness (QED) is 0.533. The second kappa shape index (κ2) is 10.8. The van der Waals surface area contributed by atoms with Gasteiger partial charge in [0.25, 0.3) is 5.91 Å². The third-order valence-corrected chi connectivity index (χ3v) is 5.18. The standard InChI is InChI=1S/C23H28ClN5O2/c1-3-25-23(28(2)15-18-5-4-6-20(24)13-18)27-14-17-7-9-19(10-8-17)22(31)29-12-11-26-21(30)16-29/h4-10,13H,3,11-12,14-16H2,1-2H3,(H,25,27)(H,26,30). The zero-order valence-corrected chi connectivity index (χ0v) is 18.7. The summed E-state index contributed by atoms with van der Waals surface area (Å²) in [7, 11) is 1.99. The van der Waals surface area contributed by atoms with E-state index in [-0.39, 0.29) is 18.4 Å². The number of nitrogens with zero attached hydrogens (tertiary/aromatic N) is 3. The molecule has 0 saturated carbocycles. The lowest BCUT2D eigenvalue weighted by atomic mass is 10.1. The smallest absolute Gasteiger partial charge is 0.254 e. The number of aliphatic imine (C=N–C) groups is 1. The van der Waals surface area contributed by atoms with Gasteiger partial charge in [-0.1, -0.05) is 35.9 Å². The third-order valence-electron chi connectivity index (χ3n) is 4.94. The molecule has 8 heteroatoms. The monoisotopic (exact) mass is 441 g/mol. The van der Waals surface area contributed by atoms with E-state index in [0.717, 1.165) is 23.6 Å². The summed E-state index contributed by atoms with van der Waals surface area (Å²) in [4.78, 5) is 32.4. The molecular weight excluding hydrogens is 414 g/mol. The summed E-state index contributed by atoms with van der Waals surface area (Å²) in [5.41, 5.74) is 2.68. The number of piperazine rings is 1. The van der Waals surface area contributed by atoms with E-state index in [1.54, 1.807) is 17.0 Å². The molecule has 7 nitrogen and oxygen atoms in total. The van der Waals surface area contributed by atoms with Crippen LogP contribution in [0.5, 0.6) is 0 Å². The minimum absolute atomic E-state index is 0.107. The van der Waals surface area contributed by atoms with Crippen LogP contribution in [0.15, 0.2) is 53.5 Å². The first-order chi connectivity index (χ1) is 15.0. The van der Waals surface area contributed by atoms with Crippen molar-refractivity contribution >= 4 is 29.4 Å². The Morgan fingerprint density at radius 3 is 2.68 bits per heavy atom. The van der Waals surface area contributed by atoms with Crippen LogP contribution in [-0.4, -0.2) is 60.8 Å². The minimum Gasteiger partial charge on any atom is -0.357 e. The van der Waals surface area contributed by atoms with Gasteiger partial charge in [-0.25, -0.2) is 4.99 Å². The maximum atomic E-state index is 12.6. The molecule has 0 aliphatic carbocycles. The number of hydrogen-bond donors (Lipinski definition) is 2. The van der Waals surface area contributed by atoms with E-state index in [1.807, 2.05) is 50.4 Å². The number of nitrogens with one attached hydrogen (secondary N) is 2. The van der Waals surface area contributed by atoms with Crippen LogP contribution >= 0.6 is 11.6 Å². The van der Waals surface area contributed by atoms with Gasteiger partial charge in [0.1, 0.15) is 0 Å². The zero-order valence-electron chi connectivity index (χ0n) is 17.9. The van der Waals surface area contributed by atoms with Gasteiger partial charge < -0.3 is 20.4 Å². The number of carbonyl (C=O) groups is 2. The molecule has 2 aromatic carbocycles. The summed E-state index contributed by atoms with van der Waals surface area (Å²) in [5, 5.41) is 6.75. The zero-order chi connectivity index (χ0) is 22.2. The predicted octanol–water partition coefficient (Wildman–Crippen LogP) is 2.51. The van der Waals surface area contributed by atoms with Crippen molar-refractivity contribution in [3.05, 3.63) is 70.2 Å². The van der Waals surface area contributed by atoms with Crippen molar-refractivity contribution in [2.75, 3.05) is 33.2 Å². The molecule has 0 radical (unpaired) electrons. The number of guanidine groups is 1. The van der Waals surface area contributed by atoms with E-state index in [9.17, 15) is 9.59 Å². The first-order valence-corrected chi connectivity index (χ1v) is 10.7. The van der Waals surface area contributed by atoms with E-state index in [1.165, 1.54) is 0 Å². The van der Waals surface area contributed by atoms with E-state index in [4.69, 9.17) is 16.6 Å². The summed E-state index contributed by atoms with van der Waals surface area (Å²) in [6.45, 7) is 5.09. The van der Waals surface area contributed by atoms with Gasteiger partial charge in [-0.2, -0.15) is 0 Å². The molecule has 1 saturated heterocycles. The summed E-state index contributed by atoms with van der Waals surface area (Å²) in [5.74, 6) is 0.546. The van der Waals surface area contributed by atoms with Crippen LogP contribution in [0.1, 0.15) is 28.4 Å². The summed E-state index contributed by atoms with van der Waals surface area (Å²) in [6.07, 6.45) is 0.